The molecule has 0 amide bonds. The smallest absolute Gasteiger partial charge is 0.143 e. The van der Waals surface area contributed by atoms with Crippen molar-refractivity contribution in [3.8, 4) is 44.5 Å². The monoisotopic (exact) mass is 745 g/mol. The summed E-state index contributed by atoms with van der Waals surface area (Å²) in [5.41, 5.74) is 14.3. The van der Waals surface area contributed by atoms with E-state index < -0.39 is 0 Å². The molecule has 57 heavy (non-hydrogen) atoms. The average Bonchev–Trinajstić information content (AvgIpc) is 3.86. The van der Waals surface area contributed by atoms with Crippen molar-refractivity contribution < 1.29 is 4.42 Å². The summed E-state index contributed by atoms with van der Waals surface area (Å²) >= 11 is 1.85. The maximum Gasteiger partial charge on any atom is 0.143 e. The van der Waals surface area contributed by atoms with Crippen molar-refractivity contribution in [3.05, 3.63) is 212 Å². The molecule has 2 aromatic heterocycles. The van der Waals surface area contributed by atoms with Gasteiger partial charge in [-0.15, -0.1) is 11.3 Å². The summed E-state index contributed by atoms with van der Waals surface area (Å²) < 4.78 is 9.12. The lowest BCUT2D eigenvalue weighted by Crippen LogP contribution is -2.12. The lowest BCUT2D eigenvalue weighted by Gasteiger charge is -2.31. The number of hydrogen-bond donors (Lipinski definition) is 0. The van der Waals surface area contributed by atoms with E-state index in [1.807, 2.05) is 17.4 Å². The molecule has 11 rings (SSSR count). The molecule has 9 aromatic carbocycles. The molecule has 3 heteroatoms. The first kappa shape index (κ1) is 33.2. The molecule has 268 valence electrons. The van der Waals surface area contributed by atoms with Gasteiger partial charge in [0.2, 0.25) is 0 Å². The minimum atomic E-state index is 0.896. The third-order valence-electron chi connectivity index (χ3n) is 11.1. The third kappa shape index (κ3) is 5.63. The molecular weight excluding hydrogens is 711 g/mol. The molecule has 0 saturated carbocycles. The second-order valence-electron chi connectivity index (χ2n) is 14.4. The topological polar surface area (TPSA) is 16.4 Å². The fourth-order valence-corrected chi connectivity index (χ4v) is 9.70. The Bertz CT molecular complexity index is 3250. The molecule has 11 aromatic rings. The molecule has 0 bridgehead atoms. The van der Waals surface area contributed by atoms with Crippen LogP contribution >= 0.6 is 11.3 Å². The first-order valence-corrected chi connectivity index (χ1v) is 20.2. The van der Waals surface area contributed by atoms with Crippen LogP contribution in [0.2, 0.25) is 0 Å². The molecule has 0 unspecified atom stereocenters. The van der Waals surface area contributed by atoms with Crippen LogP contribution in [0, 0.1) is 0 Å². The molecular formula is C54H35NOS. The fourth-order valence-electron chi connectivity index (χ4n) is 8.58. The summed E-state index contributed by atoms with van der Waals surface area (Å²) in [5.74, 6) is 0. The Morgan fingerprint density at radius 1 is 0.368 bits per heavy atom. The van der Waals surface area contributed by atoms with Crippen LogP contribution in [0.4, 0.5) is 17.1 Å². The Morgan fingerprint density at radius 3 is 1.77 bits per heavy atom. The highest BCUT2D eigenvalue weighted by molar-refractivity contribution is 7.26. The summed E-state index contributed by atoms with van der Waals surface area (Å²) in [4.78, 5) is 2.49. The number of hydrogen-bond acceptors (Lipinski definition) is 3. The molecule has 0 N–H and O–H groups in total. The SMILES string of the molecule is c1ccc(-c2ccccc2-c2c(-c3ccccc3)cccc2N(c2cccc(-c3cccc4c3oc3ccccc34)c2)c2cccc3sc4ccccc4c23)cc1. The normalized spacial score (nSPS) is 11.5. The molecule has 0 aliphatic carbocycles. The molecule has 0 fully saturated rings. The molecule has 0 aliphatic rings. The summed E-state index contributed by atoms with van der Waals surface area (Å²) in [6.07, 6.45) is 0. The van der Waals surface area contributed by atoms with Crippen LogP contribution in [0.5, 0.6) is 0 Å². The van der Waals surface area contributed by atoms with E-state index in [1.54, 1.807) is 0 Å². The summed E-state index contributed by atoms with van der Waals surface area (Å²) in [6.45, 7) is 0. The second kappa shape index (κ2) is 13.8. The predicted molar refractivity (Wildman–Crippen MR) is 243 cm³/mol. The molecule has 0 spiro atoms. The van der Waals surface area contributed by atoms with Gasteiger partial charge in [0.15, 0.2) is 0 Å². The largest absolute Gasteiger partial charge is 0.455 e. The average molecular weight is 746 g/mol. The van der Waals surface area contributed by atoms with E-state index in [0.717, 1.165) is 50.1 Å². The van der Waals surface area contributed by atoms with Crippen molar-refractivity contribution in [1.82, 2.24) is 0 Å². The van der Waals surface area contributed by atoms with Gasteiger partial charge in [-0.2, -0.15) is 0 Å². The third-order valence-corrected chi connectivity index (χ3v) is 12.2. The number of fused-ring (bicyclic) bond motifs is 6. The van der Waals surface area contributed by atoms with Crippen LogP contribution in [0.15, 0.2) is 217 Å². The highest BCUT2D eigenvalue weighted by atomic mass is 32.1. The van der Waals surface area contributed by atoms with Gasteiger partial charge in [0.25, 0.3) is 0 Å². The van der Waals surface area contributed by atoms with Gasteiger partial charge in [0, 0.05) is 47.8 Å². The van der Waals surface area contributed by atoms with Gasteiger partial charge in [-0.25, -0.2) is 0 Å². The summed E-state index contributed by atoms with van der Waals surface area (Å²) in [6, 6.07) is 76.5. The number of anilines is 3. The number of nitrogens with zero attached hydrogens (tertiary/aromatic N) is 1. The van der Waals surface area contributed by atoms with Gasteiger partial charge in [0.1, 0.15) is 11.2 Å². The standard InChI is InChI=1S/C54H35NOS/c1-3-17-36(18-4-1)40-23-7-8-25-44(40)52-41(37-19-5-2-6-20-37)27-15-30-47(52)55(48-31-16-34-51-53(48)46-26-10-12-33-50(46)57-51)39-22-13-21-38(35-39)42-28-14-29-45-43-24-9-11-32-49(43)56-54(42)45/h1-35H. The van der Waals surface area contributed by atoms with Crippen LogP contribution in [0.1, 0.15) is 0 Å². The zero-order valence-corrected chi connectivity index (χ0v) is 31.8. The molecule has 0 aliphatic heterocycles. The van der Waals surface area contributed by atoms with Gasteiger partial charge in [-0.3, -0.25) is 0 Å². The van der Waals surface area contributed by atoms with Gasteiger partial charge < -0.3 is 9.32 Å². The minimum Gasteiger partial charge on any atom is -0.455 e. The van der Waals surface area contributed by atoms with Gasteiger partial charge in [-0.05, 0) is 75.8 Å². The van der Waals surface area contributed by atoms with Gasteiger partial charge >= 0.3 is 0 Å². The Morgan fingerprint density at radius 2 is 0.930 bits per heavy atom. The molecule has 0 radical (unpaired) electrons. The number of para-hydroxylation sites is 2. The Kier molecular flexibility index (Phi) is 8.04. The van der Waals surface area contributed by atoms with Crippen LogP contribution in [0.3, 0.4) is 0 Å². The summed E-state index contributed by atoms with van der Waals surface area (Å²) in [7, 11) is 0. The Balaban J connectivity index is 1.23. The lowest BCUT2D eigenvalue weighted by molar-refractivity contribution is 0.670. The van der Waals surface area contributed by atoms with Crippen molar-refractivity contribution in [2.24, 2.45) is 0 Å². The van der Waals surface area contributed by atoms with E-state index in [-0.39, 0.29) is 0 Å². The van der Waals surface area contributed by atoms with Crippen LogP contribution in [-0.2, 0) is 0 Å². The first-order valence-electron chi connectivity index (χ1n) is 19.3. The number of benzene rings is 9. The zero-order chi connectivity index (χ0) is 37.7. The number of furan rings is 1. The number of thiophene rings is 1. The van der Waals surface area contributed by atoms with Crippen LogP contribution in [-0.4, -0.2) is 0 Å². The highest BCUT2D eigenvalue weighted by Gasteiger charge is 2.25. The maximum atomic E-state index is 6.59. The minimum absolute atomic E-state index is 0.896. The van der Waals surface area contributed by atoms with E-state index in [2.05, 4.69) is 211 Å². The van der Waals surface area contributed by atoms with Crippen molar-refractivity contribution in [2.45, 2.75) is 0 Å². The number of rotatable bonds is 7. The Labute approximate surface area is 335 Å². The van der Waals surface area contributed by atoms with Crippen molar-refractivity contribution in [3.63, 3.8) is 0 Å². The molecule has 0 saturated heterocycles. The second-order valence-corrected chi connectivity index (χ2v) is 15.5. The van der Waals surface area contributed by atoms with E-state index in [0.29, 0.717) is 0 Å². The molecule has 2 heterocycles. The van der Waals surface area contributed by atoms with Crippen LogP contribution < -0.4 is 4.90 Å². The van der Waals surface area contributed by atoms with Crippen molar-refractivity contribution in [1.29, 1.82) is 0 Å². The maximum absolute atomic E-state index is 6.59. The highest BCUT2D eigenvalue weighted by Crippen LogP contribution is 2.51. The lowest BCUT2D eigenvalue weighted by atomic mass is 9.87. The van der Waals surface area contributed by atoms with Crippen molar-refractivity contribution in [2.75, 3.05) is 4.90 Å². The molecule has 2 nitrogen and oxygen atoms in total. The first-order chi connectivity index (χ1) is 28.3. The van der Waals surface area contributed by atoms with Gasteiger partial charge in [-0.1, -0.05) is 170 Å². The summed E-state index contributed by atoms with van der Waals surface area (Å²) in [5, 5.41) is 4.75. The van der Waals surface area contributed by atoms with Crippen molar-refractivity contribution >= 4 is 70.5 Å². The van der Waals surface area contributed by atoms with E-state index in [1.165, 1.54) is 53.6 Å². The van der Waals surface area contributed by atoms with Gasteiger partial charge in [0.05, 0.1) is 11.4 Å². The quantitative estimate of drug-likeness (QED) is 0.162. The Hall–Kier alpha value is -7.20. The van der Waals surface area contributed by atoms with E-state index in [9.17, 15) is 0 Å². The van der Waals surface area contributed by atoms with Crippen LogP contribution in [0.25, 0.3) is 86.6 Å². The predicted octanol–water partition coefficient (Wildman–Crippen LogP) is 16.1. The zero-order valence-electron chi connectivity index (χ0n) is 31.0. The van der Waals surface area contributed by atoms with E-state index in [4.69, 9.17) is 4.42 Å². The fraction of sp³-hybridized carbons (Fsp3) is 0. The van der Waals surface area contributed by atoms with E-state index >= 15 is 0 Å². The molecule has 0 atom stereocenters.